The third-order valence-electron chi connectivity index (χ3n) is 2.51. The molecule has 0 fully saturated rings. The molecule has 2 rings (SSSR count). The summed E-state index contributed by atoms with van der Waals surface area (Å²) in [4.78, 5) is 11.2. The zero-order valence-electron chi connectivity index (χ0n) is 9.79. The van der Waals surface area contributed by atoms with E-state index in [1.54, 1.807) is 24.3 Å². The summed E-state index contributed by atoms with van der Waals surface area (Å²) < 4.78 is 59.8. The van der Waals surface area contributed by atoms with Crippen LogP contribution in [0.15, 0.2) is 42.5 Å². The lowest BCUT2D eigenvalue weighted by atomic mass is 10.1. The van der Waals surface area contributed by atoms with Gasteiger partial charge in [0.25, 0.3) is 0 Å². The number of fused-ring (bicyclic) bond motifs is 1. The minimum absolute atomic E-state index is 0.226. The Balaban J connectivity index is 2.41. The lowest BCUT2D eigenvalue weighted by Gasteiger charge is -2.13. The highest BCUT2D eigenvalue weighted by molar-refractivity contribution is 7.87. The van der Waals surface area contributed by atoms with E-state index >= 15 is 0 Å². The van der Waals surface area contributed by atoms with Gasteiger partial charge in [-0.05, 0) is 11.5 Å². The molecule has 0 radical (unpaired) electrons. The summed E-state index contributed by atoms with van der Waals surface area (Å²) in [5, 5.41) is -4.05. The lowest BCUT2D eigenvalue weighted by molar-refractivity contribution is -0.151. The van der Waals surface area contributed by atoms with E-state index in [0.717, 1.165) is 0 Å². The molecule has 0 amide bonds. The number of hydrogen-bond donors (Lipinski definition) is 1. The van der Waals surface area contributed by atoms with Gasteiger partial charge < -0.3 is 4.74 Å². The van der Waals surface area contributed by atoms with Crippen molar-refractivity contribution >= 4 is 26.9 Å². The third-order valence-corrected chi connectivity index (χ3v) is 3.33. The van der Waals surface area contributed by atoms with Gasteiger partial charge in [-0.1, -0.05) is 36.4 Å². The summed E-state index contributed by atoms with van der Waals surface area (Å²) in [6.07, 6.45) is 0. The highest BCUT2D eigenvalue weighted by Gasteiger charge is 2.54. The number of ether oxygens (including phenoxy) is 1. The van der Waals surface area contributed by atoms with Crippen molar-refractivity contribution in [3.05, 3.63) is 42.5 Å². The van der Waals surface area contributed by atoms with Crippen molar-refractivity contribution in [2.45, 2.75) is 5.25 Å². The van der Waals surface area contributed by atoms with Gasteiger partial charge in [-0.2, -0.15) is 17.2 Å². The van der Waals surface area contributed by atoms with Gasteiger partial charge in [-0.25, -0.2) is 4.79 Å². The first-order valence-corrected chi connectivity index (χ1v) is 6.72. The molecular formula is C12H8F2O5S. The zero-order chi connectivity index (χ0) is 15.0. The van der Waals surface area contributed by atoms with E-state index in [1.165, 1.54) is 18.2 Å². The SMILES string of the molecule is O=C(Oc1cccc2ccccc12)C(F)(F)S(=O)(=O)O. The Bertz CT molecular complexity index is 765. The summed E-state index contributed by atoms with van der Waals surface area (Å²) in [7, 11) is -5.88. The number of esters is 1. The van der Waals surface area contributed by atoms with Gasteiger partial charge in [0.1, 0.15) is 5.75 Å². The monoisotopic (exact) mass is 302 g/mol. The van der Waals surface area contributed by atoms with Crippen LogP contribution in [0.2, 0.25) is 0 Å². The molecule has 0 atom stereocenters. The van der Waals surface area contributed by atoms with Gasteiger partial charge in [0.2, 0.25) is 0 Å². The van der Waals surface area contributed by atoms with E-state index in [-0.39, 0.29) is 5.75 Å². The fourth-order valence-corrected chi connectivity index (χ4v) is 1.80. The summed E-state index contributed by atoms with van der Waals surface area (Å²) in [6, 6.07) is 10.8. The van der Waals surface area contributed by atoms with Gasteiger partial charge in [0.15, 0.2) is 0 Å². The molecule has 0 unspecified atom stereocenters. The molecule has 1 N–H and O–H groups in total. The predicted octanol–water partition coefficient (Wildman–Crippen LogP) is 2.23. The van der Waals surface area contributed by atoms with Crippen molar-refractivity contribution in [3.63, 3.8) is 0 Å². The van der Waals surface area contributed by atoms with Crippen LogP contribution in [0.1, 0.15) is 0 Å². The van der Waals surface area contributed by atoms with Crippen LogP contribution in [-0.4, -0.2) is 24.2 Å². The number of benzene rings is 2. The van der Waals surface area contributed by atoms with Crippen LogP contribution >= 0.6 is 0 Å². The summed E-state index contributed by atoms with van der Waals surface area (Å²) >= 11 is 0. The molecule has 106 valence electrons. The number of halogens is 2. The second-order valence-electron chi connectivity index (χ2n) is 3.86. The van der Waals surface area contributed by atoms with Crippen LogP contribution in [0.4, 0.5) is 8.78 Å². The van der Waals surface area contributed by atoms with Gasteiger partial charge in [-0.15, -0.1) is 0 Å². The van der Waals surface area contributed by atoms with Crippen molar-refractivity contribution < 1.29 is 31.3 Å². The zero-order valence-corrected chi connectivity index (χ0v) is 10.6. The van der Waals surface area contributed by atoms with Gasteiger partial charge in [-0.3, -0.25) is 4.55 Å². The number of alkyl halides is 2. The number of carbonyl (C=O) groups excluding carboxylic acids is 1. The second kappa shape index (κ2) is 4.80. The van der Waals surface area contributed by atoms with E-state index < -0.39 is 21.3 Å². The fourth-order valence-electron chi connectivity index (χ4n) is 1.55. The molecule has 0 aliphatic carbocycles. The minimum atomic E-state index is -5.88. The topological polar surface area (TPSA) is 80.7 Å². The maximum Gasteiger partial charge on any atom is 0.466 e. The fraction of sp³-hybridized carbons (Fsp3) is 0.0833. The largest absolute Gasteiger partial charge is 0.466 e. The Morgan fingerprint density at radius 1 is 1.10 bits per heavy atom. The van der Waals surface area contributed by atoms with Crippen LogP contribution in [0.5, 0.6) is 5.75 Å². The van der Waals surface area contributed by atoms with Crippen molar-refractivity contribution in [3.8, 4) is 5.75 Å². The highest BCUT2D eigenvalue weighted by atomic mass is 32.2. The summed E-state index contributed by atoms with van der Waals surface area (Å²) in [5.74, 6) is -2.59. The molecule has 0 spiro atoms. The standard InChI is InChI=1S/C12H8F2O5S/c13-12(14,20(16,17)18)11(15)19-10-7-3-5-8-4-1-2-6-9(8)10/h1-7H,(H,16,17,18). The Morgan fingerprint density at radius 3 is 2.35 bits per heavy atom. The molecule has 0 saturated heterocycles. The molecule has 2 aromatic rings. The number of hydrogen-bond acceptors (Lipinski definition) is 4. The highest BCUT2D eigenvalue weighted by Crippen LogP contribution is 2.29. The van der Waals surface area contributed by atoms with E-state index in [0.29, 0.717) is 10.8 Å². The minimum Gasteiger partial charge on any atom is -0.421 e. The maximum absolute atomic E-state index is 13.1. The Labute approximate surface area is 112 Å². The molecule has 2 aromatic carbocycles. The number of rotatable bonds is 3. The van der Waals surface area contributed by atoms with Crippen molar-refractivity contribution in [1.82, 2.24) is 0 Å². The normalized spacial score (nSPS) is 12.3. The van der Waals surface area contributed by atoms with Crippen molar-refractivity contribution in [1.29, 1.82) is 0 Å². The Hall–Kier alpha value is -2.06. The molecule has 20 heavy (non-hydrogen) atoms. The molecule has 5 nitrogen and oxygen atoms in total. The molecule has 0 aliphatic rings. The van der Waals surface area contributed by atoms with Crippen LogP contribution in [0.3, 0.4) is 0 Å². The first-order chi connectivity index (χ1) is 9.23. The summed E-state index contributed by atoms with van der Waals surface area (Å²) in [6.45, 7) is 0. The van der Waals surface area contributed by atoms with Gasteiger partial charge >= 0.3 is 21.3 Å². The molecule has 0 heterocycles. The average Bonchev–Trinajstić information content (AvgIpc) is 2.37. The smallest absolute Gasteiger partial charge is 0.421 e. The molecule has 8 heteroatoms. The maximum atomic E-state index is 13.1. The lowest BCUT2D eigenvalue weighted by Crippen LogP contribution is -2.40. The van der Waals surface area contributed by atoms with E-state index in [2.05, 4.69) is 4.74 Å². The van der Waals surface area contributed by atoms with Crippen LogP contribution in [-0.2, 0) is 14.9 Å². The van der Waals surface area contributed by atoms with E-state index in [1.807, 2.05) is 0 Å². The van der Waals surface area contributed by atoms with Gasteiger partial charge in [0, 0.05) is 5.39 Å². The molecule has 0 saturated carbocycles. The summed E-state index contributed by atoms with van der Waals surface area (Å²) in [5.41, 5.74) is 0. The average molecular weight is 302 g/mol. The van der Waals surface area contributed by atoms with Crippen molar-refractivity contribution in [2.75, 3.05) is 0 Å². The van der Waals surface area contributed by atoms with Gasteiger partial charge in [0.05, 0.1) is 0 Å². The number of carbonyl (C=O) groups is 1. The van der Waals surface area contributed by atoms with E-state index in [4.69, 9.17) is 4.55 Å². The Kier molecular flexibility index (Phi) is 3.45. The molecule has 0 aliphatic heterocycles. The van der Waals surface area contributed by atoms with Crippen LogP contribution in [0.25, 0.3) is 10.8 Å². The van der Waals surface area contributed by atoms with Crippen molar-refractivity contribution in [2.24, 2.45) is 0 Å². The quantitative estimate of drug-likeness (QED) is 0.534. The first-order valence-electron chi connectivity index (χ1n) is 5.28. The van der Waals surface area contributed by atoms with E-state index in [9.17, 15) is 22.0 Å². The second-order valence-corrected chi connectivity index (χ2v) is 5.32. The molecular weight excluding hydrogens is 294 g/mol. The van der Waals surface area contributed by atoms with Crippen LogP contribution in [0, 0.1) is 0 Å². The third kappa shape index (κ3) is 2.47. The molecule has 0 aromatic heterocycles. The first kappa shape index (κ1) is 14.4. The molecule has 0 bridgehead atoms. The predicted molar refractivity (Wildman–Crippen MR) is 66.1 cm³/mol. The van der Waals surface area contributed by atoms with Crippen LogP contribution < -0.4 is 4.74 Å². The Morgan fingerprint density at radius 2 is 1.70 bits per heavy atom.